The molecule has 1 aliphatic rings. The molecule has 1 N–H and O–H groups in total. The molecule has 1 atom stereocenters. The Morgan fingerprint density at radius 2 is 2.16 bits per heavy atom. The van der Waals surface area contributed by atoms with E-state index in [2.05, 4.69) is 24.1 Å². The first-order valence-electron chi connectivity index (χ1n) is 6.97. The summed E-state index contributed by atoms with van der Waals surface area (Å²) in [5.41, 5.74) is 1.15. The van der Waals surface area contributed by atoms with Crippen LogP contribution >= 0.6 is 23.2 Å². The van der Waals surface area contributed by atoms with E-state index in [0.29, 0.717) is 17.1 Å². The van der Waals surface area contributed by atoms with E-state index in [0.717, 1.165) is 30.2 Å². The Morgan fingerprint density at radius 1 is 1.37 bits per heavy atom. The molecule has 0 radical (unpaired) electrons. The Balaban J connectivity index is 2.02. The fraction of sp³-hybridized carbons (Fsp3) is 0.600. The molecule has 1 aromatic rings. The lowest BCUT2D eigenvalue weighted by Crippen LogP contribution is -2.40. The predicted molar refractivity (Wildman–Crippen MR) is 83.0 cm³/mol. The van der Waals surface area contributed by atoms with Crippen LogP contribution in [0.2, 0.25) is 10.0 Å². The van der Waals surface area contributed by atoms with Gasteiger partial charge in [0.25, 0.3) is 0 Å². The second-order valence-electron chi connectivity index (χ2n) is 5.55. The molecule has 1 heterocycles. The fourth-order valence-corrected chi connectivity index (χ4v) is 2.99. The van der Waals surface area contributed by atoms with Gasteiger partial charge in [-0.25, -0.2) is 0 Å². The van der Waals surface area contributed by atoms with Crippen molar-refractivity contribution >= 4 is 23.2 Å². The van der Waals surface area contributed by atoms with Gasteiger partial charge in [-0.1, -0.05) is 29.3 Å². The van der Waals surface area contributed by atoms with Crippen molar-refractivity contribution in [2.45, 2.75) is 45.3 Å². The van der Waals surface area contributed by atoms with E-state index in [1.807, 2.05) is 18.2 Å². The van der Waals surface area contributed by atoms with Crippen molar-refractivity contribution in [1.29, 1.82) is 0 Å². The molecule has 2 nitrogen and oxygen atoms in total. The standard InChI is InChI=1S/C15H22Cl2N2/c1-11(2)19(10-14-4-3-7-18-14)9-12-5-6-13(16)8-15(12)17/h5-6,8,11,14,18H,3-4,7,9-10H2,1-2H3. The number of hydrogen-bond donors (Lipinski definition) is 1. The van der Waals surface area contributed by atoms with Crippen molar-refractivity contribution in [2.24, 2.45) is 0 Å². The normalized spacial score (nSPS) is 19.6. The van der Waals surface area contributed by atoms with Crippen LogP contribution in [0.3, 0.4) is 0 Å². The molecular formula is C15H22Cl2N2. The third-order valence-corrected chi connectivity index (χ3v) is 4.32. The summed E-state index contributed by atoms with van der Waals surface area (Å²) < 4.78 is 0. The summed E-state index contributed by atoms with van der Waals surface area (Å²) in [5.74, 6) is 0. The Hall–Kier alpha value is -0.280. The fourth-order valence-electron chi connectivity index (χ4n) is 2.52. The van der Waals surface area contributed by atoms with Gasteiger partial charge >= 0.3 is 0 Å². The lowest BCUT2D eigenvalue weighted by Gasteiger charge is -2.29. The van der Waals surface area contributed by atoms with E-state index < -0.39 is 0 Å². The third kappa shape index (κ3) is 4.35. The van der Waals surface area contributed by atoms with Gasteiger partial charge in [0.2, 0.25) is 0 Å². The van der Waals surface area contributed by atoms with Crippen LogP contribution in [0.25, 0.3) is 0 Å². The minimum Gasteiger partial charge on any atom is -0.313 e. The highest BCUT2D eigenvalue weighted by Gasteiger charge is 2.20. The first-order valence-corrected chi connectivity index (χ1v) is 7.73. The van der Waals surface area contributed by atoms with Crippen LogP contribution in [0, 0.1) is 0 Å². The van der Waals surface area contributed by atoms with Crippen LogP contribution in [-0.4, -0.2) is 30.1 Å². The van der Waals surface area contributed by atoms with Crippen molar-refractivity contribution < 1.29 is 0 Å². The molecule has 1 aromatic carbocycles. The number of rotatable bonds is 5. The first-order chi connectivity index (χ1) is 9.06. The summed E-state index contributed by atoms with van der Waals surface area (Å²) >= 11 is 12.2. The molecule has 0 bridgehead atoms. The molecule has 1 fully saturated rings. The number of nitrogens with zero attached hydrogens (tertiary/aromatic N) is 1. The number of nitrogens with one attached hydrogen (secondary N) is 1. The quantitative estimate of drug-likeness (QED) is 0.885. The topological polar surface area (TPSA) is 15.3 Å². The van der Waals surface area contributed by atoms with Gasteiger partial charge in [0, 0.05) is 35.2 Å². The van der Waals surface area contributed by atoms with Crippen molar-refractivity contribution in [1.82, 2.24) is 10.2 Å². The predicted octanol–water partition coefficient (Wildman–Crippen LogP) is 3.96. The van der Waals surface area contributed by atoms with Crippen LogP contribution < -0.4 is 5.32 Å². The molecule has 1 saturated heterocycles. The smallest absolute Gasteiger partial charge is 0.0465 e. The highest BCUT2D eigenvalue weighted by atomic mass is 35.5. The Morgan fingerprint density at radius 3 is 2.74 bits per heavy atom. The van der Waals surface area contributed by atoms with Crippen molar-refractivity contribution in [3.05, 3.63) is 33.8 Å². The molecule has 0 aromatic heterocycles. The van der Waals surface area contributed by atoms with Gasteiger partial charge < -0.3 is 5.32 Å². The first kappa shape index (κ1) is 15.1. The zero-order valence-corrected chi connectivity index (χ0v) is 13.1. The Kier molecular flexibility index (Phi) is 5.52. The van der Waals surface area contributed by atoms with Crippen molar-refractivity contribution in [3.8, 4) is 0 Å². The lowest BCUT2D eigenvalue weighted by atomic mass is 10.1. The molecule has 0 amide bonds. The summed E-state index contributed by atoms with van der Waals surface area (Å²) in [6.07, 6.45) is 2.57. The van der Waals surface area contributed by atoms with E-state index in [4.69, 9.17) is 23.2 Å². The van der Waals surface area contributed by atoms with Gasteiger partial charge in [-0.2, -0.15) is 0 Å². The van der Waals surface area contributed by atoms with Gasteiger partial charge in [0.1, 0.15) is 0 Å². The van der Waals surface area contributed by atoms with Gasteiger partial charge in [-0.15, -0.1) is 0 Å². The molecule has 19 heavy (non-hydrogen) atoms. The zero-order valence-electron chi connectivity index (χ0n) is 11.6. The van der Waals surface area contributed by atoms with Gasteiger partial charge in [-0.3, -0.25) is 4.90 Å². The van der Waals surface area contributed by atoms with Crippen LogP contribution in [0.4, 0.5) is 0 Å². The van der Waals surface area contributed by atoms with Crippen LogP contribution in [0.1, 0.15) is 32.3 Å². The molecule has 106 valence electrons. The maximum absolute atomic E-state index is 6.27. The van der Waals surface area contributed by atoms with Gasteiger partial charge in [0.05, 0.1) is 0 Å². The number of hydrogen-bond acceptors (Lipinski definition) is 2. The monoisotopic (exact) mass is 300 g/mol. The van der Waals surface area contributed by atoms with E-state index >= 15 is 0 Å². The Bertz CT molecular complexity index is 415. The second kappa shape index (κ2) is 6.94. The minimum absolute atomic E-state index is 0.508. The highest BCUT2D eigenvalue weighted by molar-refractivity contribution is 6.35. The van der Waals surface area contributed by atoms with Gasteiger partial charge in [0.15, 0.2) is 0 Å². The summed E-state index contributed by atoms with van der Waals surface area (Å²) in [5, 5.41) is 5.01. The van der Waals surface area contributed by atoms with E-state index in [1.165, 1.54) is 12.8 Å². The van der Waals surface area contributed by atoms with Crippen LogP contribution in [0.5, 0.6) is 0 Å². The summed E-state index contributed by atoms with van der Waals surface area (Å²) in [4.78, 5) is 2.47. The van der Waals surface area contributed by atoms with Crippen LogP contribution in [-0.2, 0) is 6.54 Å². The Labute approximate surface area is 126 Å². The average molecular weight is 301 g/mol. The number of halogens is 2. The molecule has 1 unspecified atom stereocenters. The molecule has 0 aliphatic carbocycles. The summed E-state index contributed by atoms with van der Waals surface area (Å²) in [6, 6.07) is 6.89. The largest absolute Gasteiger partial charge is 0.313 e. The maximum atomic E-state index is 6.27. The van der Waals surface area contributed by atoms with Crippen molar-refractivity contribution in [3.63, 3.8) is 0 Å². The molecular weight excluding hydrogens is 279 g/mol. The third-order valence-electron chi connectivity index (χ3n) is 3.74. The minimum atomic E-state index is 0.508. The second-order valence-corrected chi connectivity index (χ2v) is 6.40. The molecule has 4 heteroatoms. The summed E-state index contributed by atoms with van der Waals surface area (Å²) in [6.45, 7) is 7.58. The molecule has 0 saturated carbocycles. The van der Waals surface area contributed by atoms with Crippen LogP contribution in [0.15, 0.2) is 18.2 Å². The lowest BCUT2D eigenvalue weighted by molar-refractivity contribution is 0.194. The SMILES string of the molecule is CC(C)N(Cc1ccc(Cl)cc1Cl)CC1CCCN1. The van der Waals surface area contributed by atoms with E-state index in [1.54, 1.807) is 0 Å². The molecule has 1 aliphatic heterocycles. The molecule has 2 rings (SSSR count). The molecule has 0 spiro atoms. The summed E-state index contributed by atoms with van der Waals surface area (Å²) in [7, 11) is 0. The number of benzene rings is 1. The van der Waals surface area contributed by atoms with E-state index in [-0.39, 0.29) is 0 Å². The zero-order chi connectivity index (χ0) is 13.8. The maximum Gasteiger partial charge on any atom is 0.0465 e. The van der Waals surface area contributed by atoms with E-state index in [9.17, 15) is 0 Å². The van der Waals surface area contributed by atoms with Gasteiger partial charge in [-0.05, 0) is 50.9 Å². The van der Waals surface area contributed by atoms with Crippen molar-refractivity contribution in [2.75, 3.05) is 13.1 Å². The average Bonchev–Trinajstić information content (AvgIpc) is 2.84. The highest BCUT2D eigenvalue weighted by Crippen LogP contribution is 2.23.